The standard InChI is InChI=1S/C13H15N3O2/c17-13(18)9-4-6-16(7-5-9)11-3-1-2-10-12(11)15-8-14-10/h1-3,8-9H,4-7H2,(H,14,15)(H,17,18). The molecule has 0 amide bonds. The van der Waals surface area contributed by atoms with Gasteiger partial charge in [-0.05, 0) is 25.0 Å². The average molecular weight is 245 g/mol. The number of imidazole rings is 1. The number of aliphatic carboxylic acids is 1. The Kier molecular flexibility index (Phi) is 2.66. The van der Waals surface area contributed by atoms with Gasteiger partial charge in [-0.1, -0.05) is 6.07 Å². The van der Waals surface area contributed by atoms with Crippen molar-refractivity contribution in [2.45, 2.75) is 12.8 Å². The largest absolute Gasteiger partial charge is 0.481 e. The van der Waals surface area contributed by atoms with Gasteiger partial charge >= 0.3 is 5.97 Å². The molecule has 1 saturated heterocycles. The Morgan fingerprint density at radius 3 is 2.89 bits per heavy atom. The average Bonchev–Trinajstić information content (AvgIpc) is 2.87. The van der Waals surface area contributed by atoms with Crippen molar-refractivity contribution in [1.29, 1.82) is 0 Å². The van der Waals surface area contributed by atoms with E-state index in [1.807, 2.05) is 18.2 Å². The Balaban J connectivity index is 1.84. The first-order chi connectivity index (χ1) is 8.75. The summed E-state index contributed by atoms with van der Waals surface area (Å²) in [5.41, 5.74) is 3.08. The molecule has 5 heteroatoms. The van der Waals surface area contributed by atoms with Gasteiger partial charge in [0, 0.05) is 13.1 Å². The molecule has 0 saturated carbocycles. The van der Waals surface area contributed by atoms with Crippen LogP contribution < -0.4 is 4.90 Å². The summed E-state index contributed by atoms with van der Waals surface area (Å²) >= 11 is 0. The molecule has 0 aliphatic carbocycles. The second-order valence-electron chi connectivity index (χ2n) is 4.68. The van der Waals surface area contributed by atoms with Crippen LogP contribution in [0.3, 0.4) is 0 Å². The number of carboxylic acids is 1. The van der Waals surface area contributed by atoms with Crippen LogP contribution in [0.4, 0.5) is 5.69 Å². The molecule has 1 aromatic carbocycles. The Labute approximate surface area is 104 Å². The minimum atomic E-state index is -0.673. The Bertz CT molecular complexity index is 570. The molecule has 0 atom stereocenters. The third kappa shape index (κ3) is 1.81. The van der Waals surface area contributed by atoms with Crippen LogP contribution in [0.2, 0.25) is 0 Å². The number of benzene rings is 1. The van der Waals surface area contributed by atoms with Gasteiger partial charge < -0.3 is 15.0 Å². The molecular formula is C13H15N3O2. The Morgan fingerprint density at radius 2 is 2.17 bits per heavy atom. The van der Waals surface area contributed by atoms with Crippen molar-refractivity contribution < 1.29 is 9.90 Å². The zero-order chi connectivity index (χ0) is 12.5. The second-order valence-corrected chi connectivity index (χ2v) is 4.68. The number of hydrogen-bond donors (Lipinski definition) is 2. The lowest BCUT2D eigenvalue weighted by Gasteiger charge is -2.32. The fourth-order valence-electron chi connectivity index (χ4n) is 2.57. The van der Waals surface area contributed by atoms with E-state index < -0.39 is 5.97 Å². The summed E-state index contributed by atoms with van der Waals surface area (Å²) in [6.07, 6.45) is 3.10. The van der Waals surface area contributed by atoms with Crippen LogP contribution in [0.25, 0.3) is 11.0 Å². The van der Waals surface area contributed by atoms with Gasteiger partial charge in [0.2, 0.25) is 0 Å². The highest BCUT2D eigenvalue weighted by atomic mass is 16.4. The number of anilines is 1. The number of H-pyrrole nitrogens is 1. The smallest absolute Gasteiger partial charge is 0.306 e. The summed E-state index contributed by atoms with van der Waals surface area (Å²) in [6, 6.07) is 6.04. The number of aromatic nitrogens is 2. The molecule has 2 aromatic rings. The predicted molar refractivity (Wildman–Crippen MR) is 68.7 cm³/mol. The summed E-state index contributed by atoms with van der Waals surface area (Å²) in [6.45, 7) is 1.56. The van der Waals surface area contributed by atoms with Crippen molar-refractivity contribution in [3.8, 4) is 0 Å². The molecule has 1 aromatic heterocycles. The fraction of sp³-hybridized carbons (Fsp3) is 0.385. The number of para-hydroxylation sites is 1. The summed E-state index contributed by atoms with van der Waals surface area (Å²) < 4.78 is 0. The number of nitrogens with one attached hydrogen (secondary N) is 1. The lowest BCUT2D eigenvalue weighted by Crippen LogP contribution is -2.36. The predicted octanol–water partition coefficient (Wildman–Crippen LogP) is 1.86. The van der Waals surface area contributed by atoms with Crippen molar-refractivity contribution in [3.05, 3.63) is 24.5 Å². The normalized spacial score (nSPS) is 17.2. The van der Waals surface area contributed by atoms with Gasteiger partial charge in [-0.25, -0.2) is 4.98 Å². The monoisotopic (exact) mass is 245 g/mol. The molecule has 5 nitrogen and oxygen atoms in total. The molecule has 3 rings (SSSR count). The number of hydrogen-bond acceptors (Lipinski definition) is 3. The van der Waals surface area contributed by atoms with E-state index in [0.29, 0.717) is 12.8 Å². The minimum absolute atomic E-state index is 0.195. The maximum absolute atomic E-state index is 10.9. The van der Waals surface area contributed by atoms with Gasteiger partial charge in [0.05, 0.1) is 23.4 Å². The lowest BCUT2D eigenvalue weighted by molar-refractivity contribution is -0.142. The third-order valence-corrected chi connectivity index (χ3v) is 3.61. The van der Waals surface area contributed by atoms with E-state index in [9.17, 15) is 4.79 Å². The van der Waals surface area contributed by atoms with Crippen LogP contribution >= 0.6 is 0 Å². The number of carbonyl (C=O) groups is 1. The van der Waals surface area contributed by atoms with Crippen molar-refractivity contribution in [2.24, 2.45) is 5.92 Å². The molecule has 1 fully saturated rings. The minimum Gasteiger partial charge on any atom is -0.481 e. The zero-order valence-corrected chi connectivity index (χ0v) is 9.97. The van der Waals surface area contributed by atoms with E-state index in [-0.39, 0.29) is 5.92 Å². The number of rotatable bonds is 2. The van der Waals surface area contributed by atoms with Crippen LogP contribution in [0, 0.1) is 5.92 Å². The summed E-state index contributed by atoms with van der Waals surface area (Å²) in [5, 5.41) is 9.00. The first-order valence-electron chi connectivity index (χ1n) is 6.15. The van der Waals surface area contributed by atoms with Crippen LogP contribution in [0.1, 0.15) is 12.8 Å². The van der Waals surface area contributed by atoms with E-state index >= 15 is 0 Å². The fourth-order valence-corrected chi connectivity index (χ4v) is 2.57. The summed E-state index contributed by atoms with van der Waals surface area (Å²) in [4.78, 5) is 20.6. The number of carboxylic acid groups (broad SMARTS) is 1. The molecule has 0 radical (unpaired) electrons. The molecule has 0 bridgehead atoms. The lowest BCUT2D eigenvalue weighted by atomic mass is 9.96. The van der Waals surface area contributed by atoms with Gasteiger partial charge in [0.15, 0.2) is 0 Å². The number of nitrogens with zero attached hydrogens (tertiary/aromatic N) is 2. The van der Waals surface area contributed by atoms with E-state index in [0.717, 1.165) is 29.8 Å². The van der Waals surface area contributed by atoms with Gasteiger partial charge in [0.25, 0.3) is 0 Å². The zero-order valence-electron chi connectivity index (χ0n) is 9.97. The molecule has 0 unspecified atom stereocenters. The van der Waals surface area contributed by atoms with Crippen molar-refractivity contribution in [3.63, 3.8) is 0 Å². The number of aromatic amines is 1. The highest BCUT2D eigenvalue weighted by molar-refractivity contribution is 5.88. The SMILES string of the molecule is O=C(O)C1CCN(c2cccc3[nH]cnc23)CC1. The highest BCUT2D eigenvalue weighted by Crippen LogP contribution is 2.28. The molecule has 1 aliphatic rings. The van der Waals surface area contributed by atoms with Crippen molar-refractivity contribution >= 4 is 22.7 Å². The first-order valence-corrected chi connectivity index (χ1v) is 6.15. The molecule has 94 valence electrons. The number of fused-ring (bicyclic) bond motifs is 1. The van der Waals surface area contributed by atoms with E-state index in [1.54, 1.807) is 6.33 Å². The van der Waals surface area contributed by atoms with Crippen LogP contribution in [-0.4, -0.2) is 34.1 Å². The summed E-state index contributed by atoms with van der Waals surface area (Å²) in [7, 11) is 0. The Hall–Kier alpha value is -2.04. The molecule has 0 spiro atoms. The van der Waals surface area contributed by atoms with Crippen molar-refractivity contribution in [1.82, 2.24) is 9.97 Å². The first kappa shape index (κ1) is 11.1. The molecule has 2 heterocycles. The molecular weight excluding hydrogens is 230 g/mol. The van der Waals surface area contributed by atoms with Crippen LogP contribution in [-0.2, 0) is 4.79 Å². The van der Waals surface area contributed by atoms with Gasteiger partial charge in [-0.3, -0.25) is 4.79 Å². The van der Waals surface area contributed by atoms with Gasteiger partial charge in [-0.2, -0.15) is 0 Å². The second kappa shape index (κ2) is 4.33. The molecule has 1 aliphatic heterocycles. The van der Waals surface area contributed by atoms with E-state index in [1.165, 1.54) is 0 Å². The topological polar surface area (TPSA) is 69.2 Å². The summed E-state index contributed by atoms with van der Waals surface area (Å²) in [5.74, 6) is -0.868. The van der Waals surface area contributed by atoms with E-state index in [4.69, 9.17) is 5.11 Å². The maximum atomic E-state index is 10.9. The van der Waals surface area contributed by atoms with Gasteiger partial charge in [0.1, 0.15) is 5.52 Å². The highest BCUT2D eigenvalue weighted by Gasteiger charge is 2.25. The van der Waals surface area contributed by atoms with E-state index in [2.05, 4.69) is 14.9 Å². The van der Waals surface area contributed by atoms with Crippen LogP contribution in [0.5, 0.6) is 0 Å². The molecule has 18 heavy (non-hydrogen) atoms. The maximum Gasteiger partial charge on any atom is 0.306 e. The third-order valence-electron chi connectivity index (χ3n) is 3.61. The Morgan fingerprint density at radius 1 is 1.39 bits per heavy atom. The van der Waals surface area contributed by atoms with Gasteiger partial charge in [-0.15, -0.1) is 0 Å². The number of piperidine rings is 1. The van der Waals surface area contributed by atoms with Crippen LogP contribution in [0.15, 0.2) is 24.5 Å². The van der Waals surface area contributed by atoms with Crippen molar-refractivity contribution in [2.75, 3.05) is 18.0 Å². The quantitative estimate of drug-likeness (QED) is 0.847. The molecule has 2 N–H and O–H groups in total.